The molecule has 0 spiro atoms. The van der Waals surface area contributed by atoms with Crippen LogP contribution in [0.25, 0.3) is 0 Å². The molecule has 4 nitrogen and oxygen atoms in total. The second kappa shape index (κ2) is 4.62. The quantitative estimate of drug-likeness (QED) is 0.736. The third kappa shape index (κ3) is 1.85. The molecular formula is C10H13NO3. The predicted molar refractivity (Wildman–Crippen MR) is 52.5 cm³/mol. The molecule has 0 bridgehead atoms. The maximum absolute atomic E-state index is 9.64. The molecule has 0 saturated heterocycles. The van der Waals surface area contributed by atoms with Gasteiger partial charge in [-0.15, -0.1) is 6.58 Å². The molecule has 1 aromatic rings. The van der Waals surface area contributed by atoms with Crippen LogP contribution in [0.1, 0.15) is 11.7 Å². The summed E-state index contributed by atoms with van der Waals surface area (Å²) < 4.78 is 10.1. The second-order valence-electron chi connectivity index (χ2n) is 2.62. The fraction of sp³-hybridized carbons (Fsp3) is 0.300. The number of ether oxygens (including phenoxy) is 2. The normalized spacial score (nSPS) is 11.9. The number of nitrogens with zero attached hydrogens (tertiary/aromatic N) is 1. The summed E-state index contributed by atoms with van der Waals surface area (Å²) >= 11 is 0. The third-order valence-electron chi connectivity index (χ3n) is 1.85. The van der Waals surface area contributed by atoms with Crippen LogP contribution in [0, 0.1) is 0 Å². The highest BCUT2D eigenvalue weighted by Crippen LogP contribution is 2.32. The predicted octanol–water partition coefficient (Wildman–Crippen LogP) is 1.32. The zero-order valence-electron chi connectivity index (χ0n) is 8.23. The van der Waals surface area contributed by atoms with Gasteiger partial charge in [-0.25, -0.2) is 4.98 Å². The molecule has 0 fully saturated rings. The Kier molecular flexibility index (Phi) is 3.48. The van der Waals surface area contributed by atoms with Crippen molar-refractivity contribution in [1.29, 1.82) is 0 Å². The molecule has 76 valence electrons. The van der Waals surface area contributed by atoms with Gasteiger partial charge in [0.05, 0.1) is 19.8 Å². The van der Waals surface area contributed by atoms with Crippen LogP contribution in [0.2, 0.25) is 0 Å². The molecule has 1 rings (SSSR count). The molecule has 0 aliphatic rings. The Labute approximate surface area is 82.8 Å². The number of aromatic nitrogens is 1. The van der Waals surface area contributed by atoms with E-state index in [1.165, 1.54) is 20.3 Å². The van der Waals surface area contributed by atoms with Crippen LogP contribution in [0.3, 0.4) is 0 Å². The van der Waals surface area contributed by atoms with Gasteiger partial charge in [-0.1, -0.05) is 6.08 Å². The van der Waals surface area contributed by atoms with Crippen molar-refractivity contribution in [2.75, 3.05) is 14.2 Å². The van der Waals surface area contributed by atoms with Crippen molar-refractivity contribution in [3.63, 3.8) is 0 Å². The Morgan fingerprint density at radius 2 is 2.21 bits per heavy atom. The summed E-state index contributed by atoms with van der Waals surface area (Å²) in [6.07, 6.45) is 2.10. The zero-order valence-corrected chi connectivity index (χ0v) is 8.23. The van der Waals surface area contributed by atoms with Crippen molar-refractivity contribution in [1.82, 2.24) is 4.98 Å². The molecule has 0 radical (unpaired) electrons. The van der Waals surface area contributed by atoms with Gasteiger partial charge >= 0.3 is 0 Å². The highest BCUT2D eigenvalue weighted by molar-refractivity contribution is 5.42. The first kappa shape index (κ1) is 10.5. The lowest BCUT2D eigenvalue weighted by atomic mass is 10.1. The molecule has 0 amide bonds. The molecule has 1 aromatic heterocycles. The van der Waals surface area contributed by atoms with Gasteiger partial charge in [-0.3, -0.25) is 0 Å². The van der Waals surface area contributed by atoms with Crippen LogP contribution in [-0.4, -0.2) is 24.3 Å². The first-order chi connectivity index (χ1) is 6.74. The SMILES string of the molecule is C=CC(O)c1c(OC)ccnc1OC. The maximum atomic E-state index is 9.64. The van der Waals surface area contributed by atoms with Gasteiger partial charge in [0.25, 0.3) is 0 Å². The van der Waals surface area contributed by atoms with E-state index in [0.717, 1.165) is 0 Å². The van der Waals surface area contributed by atoms with Crippen molar-refractivity contribution in [2.24, 2.45) is 0 Å². The van der Waals surface area contributed by atoms with Crippen LogP contribution < -0.4 is 9.47 Å². The Morgan fingerprint density at radius 3 is 2.71 bits per heavy atom. The third-order valence-corrected chi connectivity index (χ3v) is 1.85. The van der Waals surface area contributed by atoms with E-state index in [0.29, 0.717) is 17.2 Å². The lowest BCUT2D eigenvalue weighted by Crippen LogP contribution is -2.02. The lowest BCUT2D eigenvalue weighted by molar-refractivity contribution is 0.215. The summed E-state index contributed by atoms with van der Waals surface area (Å²) in [6, 6.07) is 1.66. The van der Waals surface area contributed by atoms with Crippen molar-refractivity contribution in [3.8, 4) is 11.6 Å². The van der Waals surface area contributed by atoms with Crippen molar-refractivity contribution in [2.45, 2.75) is 6.10 Å². The van der Waals surface area contributed by atoms with E-state index in [4.69, 9.17) is 9.47 Å². The van der Waals surface area contributed by atoms with Crippen LogP contribution in [0.15, 0.2) is 24.9 Å². The van der Waals surface area contributed by atoms with E-state index in [1.54, 1.807) is 12.3 Å². The summed E-state index contributed by atoms with van der Waals surface area (Å²) in [6.45, 7) is 3.50. The van der Waals surface area contributed by atoms with E-state index < -0.39 is 6.10 Å². The van der Waals surface area contributed by atoms with Gasteiger partial charge in [0.15, 0.2) is 0 Å². The summed E-state index contributed by atoms with van der Waals surface area (Å²) in [5, 5.41) is 9.64. The lowest BCUT2D eigenvalue weighted by Gasteiger charge is -2.13. The van der Waals surface area contributed by atoms with Crippen LogP contribution >= 0.6 is 0 Å². The summed E-state index contributed by atoms with van der Waals surface area (Å²) in [7, 11) is 3.01. The van der Waals surface area contributed by atoms with Gasteiger partial charge in [0.1, 0.15) is 11.9 Å². The number of methoxy groups -OCH3 is 2. The van der Waals surface area contributed by atoms with Crippen molar-refractivity contribution in [3.05, 3.63) is 30.5 Å². The Balaban J connectivity index is 3.25. The first-order valence-electron chi connectivity index (χ1n) is 4.12. The van der Waals surface area contributed by atoms with Gasteiger partial charge < -0.3 is 14.6 Å². The number of hydrogen-bond acceptors (Lipinski definition) is 4. The molecule has 4 heteroatoms. The summed E-state index contributed by atoms with van der Waals surface area (Å²) in [5.74, 6) is 0.876. The zero-order chi connectivity index (χ0) is 10.6. The highest BCUT2D eigenvalue weighted by atomic mass is 16.5. The molecule has 1 atom stereocenters. The number of rotatable bonds is 4. The van der Waals surface area contributed by atoms with Gasteiger partial charge in [-0.2, -0.15) is 0 Å². The van der Waals surface area contributed by atoms with E-state index in [2.05, 4.69) is 11.6 Å². The highest BCUT2D eigenvalue weighted by Gasteiger charge is 2.16. The number of aliphatic hydroxyl groups is 1. The van der Waals surface area contributed by atoms with Crippen molar-refractivity contribution < 1.29 is 14.6 Å². The minimum absolute atomic E-state index is 0.344. The average molecular weight is 195 g/mol. The van der Waals surface area contributed by atoms with Gasteiger partial charge in [-0.05, 0) is 6.07 Å². The largest absolute Gasteiger partial charge is 0.496 e. The molecule has 1 unspecified atom stereocenters. The van der Waals surface area contributed by atoms with Crippen LogP contribution in [-0.2, 0) is 0 Å². The summed E-state index contributed by atoms with van der Waals surface area (Å²) in [5.41, 5.74) is 0.493. The molecule has 14 heavy (non-hydrogen) atoms. The average Bonchev–Trinajstić information content (AvgIpc) is 2.26. The van der Waals surface area contributed by atoms with Gasteiger partial charge in [0, 0.05) is 6.20 Å². The van der Waals surface area contributed by atoms with Gasteiger partial charge in [0.2, 0.25) is 5.88 Å². The molecule has 0 saturated carbocycles. The monoisotopic (exact) mass is 195 g/mol. The van der Waals surface area contributed by atoms with E-state index in [9.17, 15) is 5.11 Å². The minimum atomic E-state index is -0.839. The topological polar surface area (TPSA) is 51.6 Å². The minimum Gasteiger partial charge on any atom is -0.496 e. The van der Waals surface area contributed by atoms with E-state index >= 15 is 0 Å². The molecule has 0 aliphatic heterocycles. The summed E-state index contributed by atoms with van der Waals surface area (Å²) in [4.78, 5) is 3.96. The van der Waals surface area contributed by atoms with Crippen LogP contribution in [0.5, 0.6) is 11.6 Å². The smallest absolute Gasteiger partial charge is 0.223 e. The second-order valence-corrected chi connectivity index (χ2v) is 2.62. The molecular weight excluding hydrogens is 182 g/mol. The molecule has 1 heterocycles. The molecule has 0 aromatic carbocycles. The standard InChI is InChI=1S/C10H13NO3/c1-4-7(12)9-8(13-2)5-6-11-10(9)14-3/h4-7,12H,1H2,2-3H3. The number of aliphatic hydroxyl groups excluding tert-OH is 1. The fourth-order valence-corrected chi connectivity index (χ4v) is 1.17. The Hall–Kier alpha value is -1.55. The number of pyridine rings is 1. The first-order valence-corrected chi connectivity index (χ1v) is 4.12. The Bertz CT molecular complexity index is 303. The van der Waals surface area contributed by atoms with E-state index in [-0.39, 0.29) is 0 Å². The van der Waals surface area contributed by atoms with Crippen LogP contribution in [0.4, 0.5) is 0 Å². The maximum Gasteiger partial charge on any atom is 0.223 e. The number of hydrogen-bond donors (Lipinski definition) is 1. The molecule has 0 aliphatic carbocycles. The fourth-order valence-electron chi connectivity index (χ4n) is 1.17. The molecule has 1 N–H and O–H groups in total. The van der Waals surface area contributed by atoms with Crippen molar-refractivity contribution >= 4 is 0 Å². The van der Waals surface area contributed by atoms with E-state index in [1.807, 2.05) is 0 Å². The Morgan fingerprint density at radius 1 is 1.50 bits per heavy atom.